The lowest BCUT2D eigenvalue weighted by atomic mass is 9.83. The van der Waals surface area contributed by atoms with E-state index in [4.69, 9.17) is 19.9 Å². The van der Waals surface area contributed by atoms with Gasteiger partial charge in [-0.25, -0.2) is 0 Å². The van der Waals surface area contributed by atoms with Crippen molar-refractivity contribution in [1.82, 2.24) is 10.2 Å². The molecule has 9 nitrogen and oxygen atoms in total. The number of nitrogens with zero attached hydrogens (tertiary/aromatic N) is 2. The van der Waals surface area contributed by atoms with Crippen LogP contribution < -0.4 is 25.3 Å². The minimum atomic E-state index is -0.539. The van der Waals surface area contributed by atoms with Crippen molar-refractivity contribution in [2.45, 2.75) is 19.8 Å². The van der Waals surface area contributed by atoms with Crippen molar-refractivity contribution in [3.8, 4) is 23.4 Å². The van der Waals surface area contributed by atoms with Crippen LogP contribution in [0.2, 0.25) is 0 Å². The molecule has 2 aromatic carbocycles. The lowest BCUT2D eigenvalue weighted by Crippen LogP contribution is -2.23. The van der Waals surface area contributed by atoms with Gasteiger partial charge in [0.2, 0.25) is 11.8 Å². The Morgan fingerprint density at radius 1 is 1.24 bits per heavy atom. The van der Waals surface area contributed by atoms with Gasteiger partial charge in [0.1, 0.15) is 23.1 Å². The number of aryl methyl sites for hydroxylation is 1. The van der Waals surface area contributed by atoms with Gasteiger partial charge < -0.3 is 25.3 Å². The molecular formula is C24H23N5O4. The molecule has 9 heteroatoms. The summed E-state index contributed by atoms with van der Waals surface area (Å²) in [5.74, 6) is 0.631. The molecule has 1 amide bonds. The van der Waals surface area contributed by atoms with Crippen LogP contribution in [-0.4, -0.2) is 29.3 Å². The summed E-state index contributed by atoms with van der Waals surface area (Å²) in [6, 6.07) is 16.4. The molecule has 0 bridgehead atoms. The largest absolute Gasteiger partial charge is 0.494 e. The highest BCUT2D eigenvalue weighted by Crippen LogP contribution is 2.45. The number of nitriles is 1. The van der Waals surface area contributed by atoms with Crippen molar-refractivity contribution in [3.05, 3.63) is 76.8 Å². The molecular weight excluding hydrogens is 422 g/mol. The maximum Gasteiger partial charge on any atom is 0.262 e. The normalized spacial score (nSPS) is 14.6. The number of amides is 1. The average molecular weight is 445 g/mol. The van der Waals surface area contributed by atoms with Crippen LogP contribution in [0.3, 0.4) is 0 Å². The number of nitrogens with two attached hydrogens (primary N) is 1. The van der Waals surface area contributed by atoms with E-state index in [1.807, 2.05) is 26.0 Å². The molecule has 1 aliphatic rings. The Morgan fingerprint density at radius 3 is 2.73 bits per heavy atom. The van der Waals surface area contributed by atoms with E-state index in [-0.39, 0.29) is 24.0 Å². The summed E-state index contributed by atoms with van der Waals surface area (Å²) < 4.78 is 16.8. The Hall–Kier alpha value is -4.45. The first-order valence-electron chi connectivity index (χ1n) is 10.4. The van der Waals surface area contributed by atoms with Crippen molar-refractivity contribution in [1.29, 1.82) is 5.26 Å². The maximum absolute atomic E-state index is 12.5. The third-order valence-electron chi connectivity index (χ3n) is 5.17. The number of H-pyrrole nitrogens is 1. The number of aromatic amines is 1. The lowest BCUT2D eigenvalue weighted by Gasteiger charge is -2.25. The number of carbonyl (C=O) groups is 1. The van der Waals surface area contributed by atoms with Gasteiger partial charge in [-0.1, -0.05) is 18.2 Å². The van der Waals surface area contributed by atoms with Crippen LogP contribution in [0.4, 0.5) is 5.69 Å². The molecule has 0 radical (unpaired) electrons. The molecule has 1 unspecified atom stereocenters. The average Bonchev–Trinajstić information content (AvgIpc) is 3.18. The second-order valence-electron chi connectivity index (χ2n) is 7.32. The van der Waals surface area contributed by atoms with Gasteiger partial charge in [-0.2, -0.15) is 5.26 Å². The van der Waals surface area contributed by atoms with Crippen LogP contribution >= 0.6 is 0 Å². The molecule has 0 saturated heterocycles. The minimum absolute atomic E-state index is 0.00968. The van der Waals surface area contributed by atoms with Crippen molar-refractivity contribution in [2.75, 3.05) is 18.5 Å². The predicted molar refractivity (Wildman–Crippen MR) is 121 cm³/mol. The highest BCUT2D eigenvalue weighted by atomic mass is 16.5. The number of rotatable bonds is 7. The van der Waals surface area contributed by atoms with Gasteiger partial charge in [0.25, 0.3) is 5.91 Å². The number of hydrogen-bond acceptors (Lipinski definition) is 7. The zero-order valence-electron chi connectivity index (χ0n) is 18.2. The number of aromatic nitrogens is 2. The van der Waals surface area contributed by atoms with E-state index in [0.717, 1.165) is 11.4 Å². The molecule has 1 atom stereocenters. The highest BCUT2D eigenvalue weighted by molar-refractivity contribution is 5.91. The predicted octanol–water partition coefficient (Wildman–Crippen LogP) is 3.35. The van der Waals surface area contributed by atoms with Crippen LogP contribution in [0.5, 0.6) is 17.4 Å². The Kier molecular flexibility index (Phi) is 6.17. The van der Waals surface area contributed by atoms with Gasteiger partial charge in [0.15, 0.2) is 6.61 Å². The van der Waals surface area contributed by atoms with E-state index in [1.54, 1.807) is 36.4 Å². The number of ether oxygens (including phenoxy) is 3. The van der Waals surface area contributed by atoms with Crippen molar-refractivity contribution in [2.24, 2.45) is 5.73 Å². The van der Waals surface area contributed by atoms with E-state index in [2.05, 4.69) is 21.6 Å². The van der Waals surface area contributed by atoms with Crippen LogP contribution in [0, 0.1) is 18.3 Å². The first-order chi connectivity index (χ1) is 16.0. The van der Waals surface area contributed by atoms with Crippen molar-refractivity contribution in [3.63, 3.8) is 0 Å². The van der Waals surface area contributed by atoms with Crippen LogP contribution in [0.15, 0.2) is 60.0 Å². The third kappa shape index (κ3) is 4.45. The molecule has 4 N–H and O–H groups in total. The van der Waals surface area contributed by atoms with Gasteiger partial charge in [0, 0.05) is 22.5 Å². The van der Waals surface area contributed by atoms with Crippen molar-refractivity contribution >= 4 is 11.6 Å². The van der Waals surface area contributed by atoms with E-state index < -0.39 is 5.92 Å². The van der Waals surface area contributed by atoms with E-state index in [0.29, 0.717) is 35.1 Å². The Labute approximate surface area is 190 Å². The number of nitrogens with one attached hydrogen (secondary N) is 2. The van der Waals surface area contributed by atoms with Crippen LogP contribution in [-0.2, 0) is 4.79 Å². The summed E-state index contributed by atoms with van der Waals surface area (Å²) in [6.45, 7) is 4.10. The molecule has 0 saturated carbocycles. The van der Waals surface area contributed by atoms with Gasteiger partial charge in [-0.05, 0) is 44.2 Å². The van der Waals surface area contributed by atoms with E-state index >= 15 is 0 Å². The van der Waals surface area contributed by atoms with Crippen LogP contribution in [0.25, 0.3) is 0 Å². The fourth-order valence-electron chi connectivity index (χ4n) is 3.70. The Bertz CT molecular complexity index is 1240. The number of benzene rings is 2. The van der Waals surface area contributed by atoms with Gasteiger partial charge in [0.05, 0.1) is 12.5 Å². The summed E-state index contributed by atoms with van der Waals surface area (Å²) in [4.78, 5) is 12.5. The number of fused-ring (bicyclic) bond motifs is 1. The lowest BCUT2D eigenvalue weighted by molar-refractivity contribution is -0.118. The third-order valence-corrected chi connectivity index (χ3v) is 5.17. The monoisotopic (exact) mass is 445 g/mol. The number of allylic oxidation sites excluding steroid dienone is 1. The summed E-state index contributed by atoms with van der Waals surface area (Å²) in [6.07, 6.45) is 0. The van der Waals surface area contributed by atoms with Gasteiger partial charge in [-0.15, -0.1) is 5.10 Å². The first-order valence-corrected chi connectivity index (χ1v) is 10.4. The molecule has 2 heterocycles. The van der Waals surface area contributed by atoms with E-state index in [9.17, 15) is 10.1 Å². The molecule has 0 spiro atoms. The maximum atomic E-state index is 12.5. The smallest absolute Gasteiger partial charge is 0.262 e. The minimum Gasteiger partial charge on any atom is -0.494 e. The summed E-state index contributed by atoms with van der Waals surface area (Å²) in [7, 11) is 0. The fourth-order valence-corrected chi connectivity index (χ4v) is 3.70. The second kappa shape index (κ2) is 9.36. The molecule has 33 heavy (non-hydrogen) atoms. The highest BCUT2D eigenvalue weighted by Gasteiger charge is 2.35. The molecule has 0 aliphatic carbocycles. The zero-order valence-corrected chi connectivity index (χ0v) is 18.2. The first kappa shape index (κ1) is 21.8. The number of anilines is 1. The SMILES string of the molecule is CCOc1ccc(NC(=O)COc2ccccc2C2C(C#N)=C(N)Oc3n[nH]c(C)c32)cc1. The quantitative estimate of drug-likeness (QED) is 0.507. The fraction of sp³-hybridized carbons (Fsp3) is 0.208. The topological polar surface area (TPSA) is 135 Å². The molecule has 1 aliphatic heterocycles. The van der Waals surface area contributed by atoms with Crippen LogP contribution in [0.1, 0.15) is 29.7 Å². The molecule has 168 valence electrons. The number of para-hydroxylation sites is 1. The van der Waals surface area contributed by atoms with E-state index in [1.165, 1.54) is 0 Å². The zero-order chi connectivity index (χ0) is 23.4. The molecule has 4 rings (SSSR count). The van der Waals surface area contributed by atoms with Crippen molar-refractivity contribution < 1.29 is 19.0 Å². The summed E-state index contributed by atoms with van der Waals surface area (Å²) in [5, 5.41) is 19.6. The summed E-state index contributed by atoms with van der Waals surface area (Å²) >= 11 is 0. The molecule has 0 fully saturated rings. The Morgan fingerprint density at radius 2 is 2.00 bits per heavy atom. The molecule has 1 aromatic heterocycles. The van der Waals surface area contributed by atoms with Gasteiger partial charge in [-0.3, -0.25) is 9.89 Å². The Balaban J connectivity index is 1.54. The number of carbonyl (C=O) groups excluding carboxylic acids is 1. The van der Waals surface area contributed by atoms with Gasteiger partial charge >= 0.3 is 0 Å². The second-order valence-corrected chi connectivity index (χ2v) is 7.32. The standard InChI is InChI=1S/C24H23N5O4/c1-3-31-16-10-8-15(9-11-16)27-20(30)13-32-19-7-5-4-6-17(19)22-18(12-25)23(26)33-24-21(22)14(2)28-29-24/h4-11,22H,3,13,26H2,1-2H3,(H,27,30)(H,28,29). The number of hydrogen-bond donors (Lipinski definition) is 3. The summed E-state index contributed by atoms with van der Waals surface area (Å²) in [5.41, 5.74) is 9.01. The molecule has 3 aromatic rings.